The highest BCUT2D eigenvalue weighted by molar-refractivity contribution is 5.86. The number of carbonyl (C=O) groups excluding carboxylic acids is 2. The summed E-state index contributed by atoms with van der Waals surface area (Å²) in [5.74, 6) is 3.26. The largest absolute Gasteiger partial charge is 0.390 e. The summed E-state index contributed by atoms with van der Waals surface area (Å²) in [6.07, 6.45) is 8.40. The topological polar surface area (TPSA) is 74.6 Å². The lowest BCUT2D eigenvalue weighted by molar-refractivity contribution is -0.159. The number of ketones is 2. The van der Waals surface area contributed by atoms with E-state index in [9.17, 15) is 19.8 Å². The molecule has 0 saturated heterocycles. The fraction of sp³-hybridized carbons (Fsp3) is 0.926. The van der Waals surface area contributed by atoms with E-state index >= 15 is 0 Å². The minimum Gasteiger partial charge on any atom is -0.390 e. The third-order valence-electron chi connectivity index (χ3n) is 10.8. The molecule has 0 heterocycles. The Hall–Kier alpha value is -0.740. The SMILES string of the molecule is C[C@H](CCC(O)C(C)(C)O)[C@H]1CC[C@H]2[C@@H]3C(=O)C[C@@H]4CC(=O)CC[C@]4(C)[C@H]3CC[C@]12C. The molecule has 176 valence electrons. The minimum atomic E-state index is -1.05. The fourth-order valence-electron chi connectivity index (χ4n) is 8.67. The molecular weight excluding hydrogens is 388 g/mol. The number of hydrogen-bond donors (Lipinski definition) is 2. The maximum absolute atomic E-state index is 13.4. The lowest BCUT2D eigenvalue weighted by Gasteiger charge is -2.59. The summed E-state index contributed by atoms with van der Waals surface area (Å²) in [5.41, 5.74) is -0.695. The van der Waals surface area contributed by atoms with Crippen molar-refractivity contribution in [2.75, 3.05) is 0 Å². The first-order chi connectivity index (χ1) is 14.4. The third kappa shape index (κ3) is 3.84. The molecule has 0 aromatic carbocycles. The molecule has 0 radical (unpaired) electrons. The van der Waals surface area contributed by atoms with Crippen LogP contribution in [0.25, 0.3) is 0 Å². The first-order valence-electron chi connectivity index (χ1n) is 12.8. The Morgan fingerprint density at radius 2 is 1.68 bits per heavy atom. The summed E-state index contributed by atoms with van der Waals surface area (Å²) in [7, 11) is 0. The van der Waals surface area contributed by atoms with E-state index in [2.05, 4.69) is 20.8 Å². The average molecular weight is 433 g/mol. The van der Waals surface area contributed by atoms with Gasteiger partial charge in [0, 0.05) is 25.2 Å². The van der Waals surface area contributed by atoms with Gasteiger partial charge in [-0.1, -0.05) is 20.8 Å². The van der Waals surface area contributed by atoms with E-state index in [0.29, 0.717) is 60.9 Å². The molecule has 2 N–H and O–H groups in total. The maximum atomic E-state index is 13.4. The second-order valence-electron chi connectivity index (χ2n) is 12.8. The van der Waals surface area contributed by atoms with Gasteiger partial charge in [-0.25, -0.2) is 0 Å². The molecule has 4 aliphatic rings. The second kappa shape index (κ2) is 7.94. The molecule has 0 aliphatic heterocycles. The Balaban J connectivity index is 1.50. The molecule has 9 atom stereocenters. The van der Waals surface area contributed by atoms with Crippen LogP contribution in [0.1, 0.15) is 98.8 Å². The van der Waals surface area contributed by atoms with Gasteiger partial charge in [-0.05, 0) is 99.2 Å². The Labute approximate surface area is 188 Å². The van der Waals surface area contributed by atoms with Crippen molar-refractivity contribution in [1.29, 1.82) is 0 Å². The van der Waals surface area contributed by atoms with Crippen LogP contribution in [0, 0.1) is 46.3 Å². The molecule has 0 bridgehead atoms. The molecule has 0 spiro atoms. The van der Waals surface area contributed by atoms with E-state index in [-0.39, 0.29) is 22.7 Å². The fourth-order valence-corrected chi connectivity index (χ4v) is 8.67. The minimum absolute atomic E-state index is 0.161. The van der Waals surface area contributed by atoms with Crippen LogP contribution in [0.4, 0.5) is 0 Å². The second-order valence-corrected chi connectivity index (χ2v) is 12.8. The van der Waals surface area contributed by atoms with Gasteiger partial charge in [0.25, 0.3) is 0 Å². The Morgan fingerprint density at radius 1 is 1.00 bits per heavy atom. The quantitative estimate of drug-likeness (QED) is 0.645. The standard InChI is InChI=1S/C27H44O4/c1-16(6-9-23(30)25(2,3)31)19-7-8-20-24-21(11-13-27(19,20)5)26(4)12-10-18(28)14-17(26)15-22(24)29/h16-17,19-21,23-24,30-31H,6-15H2,1-5H3/t16-,17+,19-,20+,21+,23?,24+,26+,27-/m1/s1. The van der Waals surface area contributed by atoms with E-state index in [1.807, 2.05) is 0 Å². The highest BCUT2D eigenvalue weighted by Crippen LogP contribution is 2.67. The normalized spacial score (nSPS) is 44.9. The van der Waals surface area contributed by atoms with Crippen molar-refractivity contribution < 1.29 is 19.8 Å². The molecule has 0 amide bonds. The van der Waals surface area contributed by atoms with Crippen molar-refractivity contribution in [2.45, 2.75) is 111 Å². The van der Waals surface area contributed by atoms with Gasteiger partial charge in [0.2, 0.25) is 0 Å². The number of aliphatic hydroxyl groups is 2. The van der Waals surface area contributed by atoms with Gasteiger partial charge >= 0.3 is 0 Å². The molecule has 4 saturated carbocycles. The summed E-state index contributed by atoms with van der Waals surface area (Å²) in [4.78, 5) is 25.6. The number of aliphatic hydroxyl groups excluding tert-OH is 1. The Morgan fingerprint density at radius 3 is 2.35 bits per heavy atom. The first kappa shape index (κ1) is 23.4. The first-order valence-corrected chi connectivity index (χ1v) is 12.8. The highest BCUT2D eigenvalue weighted by Gasteiger charge is 2.63. The molecule has 4 fully saturated rings. The van der Waals surface area contributed by atoms with Crippen molar-refractivity contribution >= 4 is 11.6 Å². The highest BCUT2D eigenvalue weighted by atomic mass is 16.3. The number of fused-ring (bicyclic) bond motifs is 5. The average Bonchev–Trinajstić information content (AvgIpc) is 3.03. The maximum Gasteiger partial charge on any atom is 0.136 e. The molecule has 4 rings (SSSR count). The predicted molar refractivity (Wildman–Crippen MR) is 121 cm³/mol. The van der Waals surface area contributed by atoms with Crippen LogP contribution in [0.5, 0.6) is 0 Å². The summed E-state index contributed by atoms with van der Waals surface area (Å²) in [5, 5.41) is 20.4. The van der Waals surface area contributed by atoms with Crippen molar-refractivity contribution in [1.82, 2.24) is 0 Å². The van der Waals surface area contributed by atoms with Crippen LogP contribution in [-0.4, -0.2) is 33.5 Å². The van der Waals surface area contributed by atoms with Crippen molar-refractivity contribution in [3.63, 3.8) is 0 Å². The number of carbonyl (C=O) groups is 2. The van der Waals surface area contributed by atoms with E-state index in [4.69, 9.17) is 0 Å². The van der Waals surface area contributed by atoms with Gasteiger partial charge in [0.05, 0.1) is 11.7 Å². The van der Waals surface area contributed by atoms with Gasteiger partial charge in [-0.3, -0.25) is 9.59 Å². The zero-order valence-corrected chi connectivity index (χ0v) is 20.3. The third-order valence-corrected chi connectivity index (χ3v) is 10.8. The van der Waals surface area contributed by atoms with E-state index < -0.39 is 11.7 Å². The van der Waals surface area contributed by atoms with Gasteiger partial charge < -0.3 is 10.2 Å². The Kier molecular flexibility index (Phi) is 6.00. The van der Waals surface area contributed by atoms with Crippen LogP contribution in [0.2, 0.25) is 0 Å². The Bertz CT molecular complexity index is 723. The lowest BCUT2D eigenvalue weighted by Crippen LogP contribution is -2.57. The predicted octanol–water partition coefficient (Wildman–Crippen LogP) is 4.94. The van der Waals surface area contributed by atoms with Crippen LogP contribution in [0.3, 0.4) is 0 Å². The molecule has 4 nitrogen and oxygen atoms in total. The van der Waals surface area contributed by atoms with Crippen LogP contribution in [0.15, 0.2) is 0 Å². The zero-order valence-electron chi connectivity index (χ0n) is 20.3. The van der Waals surface area contributed by atoms with Crippen molar-refractivity contribution in [2.24, 2.45) is 46.3 Å². The summed E-state index contributed by atoms with van der Waals surface area (Å²) >= 11 is 0. The lowest BCUT2D eigenvalue weighted by atomic mass is 9.44. The van der Waals surface area contributed by atoms with Crippen molar-refractivity contribution in [3.8, 4) is 0 Å². The van der Waals surface area contributed by atoms with Gasteiger partial charge in [0.15, 0.2) is 0 Å². The molecule has 0 aromatic rings. The van der Waals surface area contributed by atoms with E-state index in [1.165, 1.54) is 12.8 Å². The molecular formula is C27H44O4. The van der Waals surface area contributed by atoms with Crippen molar-refractivity contribution in [3.05, 3.63) is 0 Å². The number of rotatable bonds is 5. The molecule has 4 aliphatic carbocycles. The van der Waals surface area contributed by atoms with Crippen LogP contribution >= 0.6 is 0 Å². The molecule has 0 aromatic heterocycles. The van der Waals surface area contributed by atoms with Gasteiger partial charge in [-0.2, -0.15) is 0 Å². The van der Waals surface area contributed by atoms with Crippen LogP contribution < -0.4 is 0 Å². The zero-order chi connectivity index (χ0) is 22.8. The van der Waals surface area contributed by atoms with Gasteiger partial charge in [-0.15, -0.1) is 0 Å². The summed E-state index contributed by atoms with van der Waals surface area (Å²) in [6, 6.07) is 0. The monoisotopic (exact) mass is 432 g/mol. The van der Waals surface area contributed by atoms with Gasteiger partial charge in [0.1, 0.15) is 11.6 Å². The summed E-state index contributed by atoms with van der Waals surface area (Å²) < 4.78 is 0. The van der Waals surface area contributed by atoms with E-state index in [1.54, 1.807) is 13.8 Å². The molecule has 1 unspecified atom stereocenters. The van der Waals surface area contributed by atoms with Crippen LogP contribution in [-0.2, 0) is 9.59 Å². The van der Waals surface area contributed by atoms with E-state index in [0.717, 1.165) is 25.7 Å². The molecule has 31 heavy (non-hydrogen) atoms. The smallest absolute Gasteiger partial charge is 0.136 e. The number of hydrogen-bond acceptors (Lipinski definition) is 4. The summed E-state index contributed by atoms with van der Waals surface area (Å²) in [6.45, 7) is 10.5. The number of Topliss-reactive ketones (excluding diaryl/α,β-unsaturated/α-hetero) is 2. The molecule has 4 heteroatoms.